The summed E-state index contributed by atoms with van der Waals surface area (Å²) >= 11 is 0. The Morgan fingerprint density at radius 3 is 2.67 bits per heavy atom. The van der Waals surface area contributed by atoms with Crippen LogP contribution >= 0.6 is 0 Å². The lowest BCUT2D eigenvalue weighted by atomic mass is 10.2. The van der Waals surface area contributed by atoms with E-state index in [0.29, 0.717) is 5.56 Å². The Morgan fingerprint density at radius 2 is 2.00 bits per heavy atom. The molecule has 0 aliphatic heterocycles. The van der Waals surface area contributed by atoms with Crippen molar-refractivity contribution in [1.82, 2.24) is 19.1 Å². The predicted molar refractivity (Wildman–Crippen MR) is 84.1 cm³/mol. The van der Waals surface area contributed by atoms with Crippen LogP contribution < -0.4 is 16.0 Å². The predicted octanol–water partition coefficient (Wildman–Crippen LogP) is -0.365. The molecular weight excluding hydrogens is 316 g/mol. The first kappa shape index (κ1) is 15.7. The molecule has 0 fully saturated rings. The number of aromatic nitrogens is 4. The summed E-state index contributed by atoms with van der Waals surface area (Å²) in [6.45, 7) is -0.321. The molecule has 2 heterocycles. The van der Waals surface area contributed by atoms with Crippen molar-refractivity contribution in [3.8, 4) is 6.01 Å². The molecule has 0 radical (unpaired) electrons. The highest BCUT2D eigenvalue weighted by atomic mass is 16.6. The number of aromatic amines is 1. The molecule has 0 saturated heterocycles. The lowest BCUT2D eigenvalue weighted by Gasteiger charge is -2.06. The zero-order chi connectivity index (χ0) is 17.3. The number of aliphatic hydroxyl groups is 1. The highest BCUT2D eigenvalue weighted by Gasteiger charge is 2.20. The summed E-state index contributed by atoms with van der Waals surface area (Å²) in [5, 5.41) is 9.22. The van der Waals surface area contributed by atoms with Crippen molar-refractivity contribution in [2.75, 3.05) is 6.61 Å². The number of ether oxygens (including phenoxy) is 1. The van der Waals surface area contributed by atoms with Gasteiger partial charge in [-0.3, -0.25) is 18.9 Å². The smallest absolute Gasteiger partial charge is 0.345 e. The molecule has 124 valence electrons. The largest absolute Gasteiger partial charge is 0.395 e. The third-order valence-electron chi connectivity index (χ3n) is 3.49. The number of nitrogens with one attached hydrogen (secondary N) is 1. The van der Waals surface area contributed by atoms with Gasteiger partial charge in [0.15, 0.2) is 11.2 Å². The number of rotatable bonds is 4. The van der Waals surface area contributed by atoms with Crippen molar-refractivity contribution >= 4 is 17.1 Å². The Kier molecular flexibility index (Phi) is 4.00. The third kappa shape index (κ3) is 2.61. The number of benzene rings is 1. The normalized spacial score (nSPS) is 10.9. The van der Waals surface area contributed by atoms with Gasteiger partial charge in [0.1, 0.15) is 0 Å². The molecule has 0 amide bonds. The van der Waals surface area contributed by atoms with E-state index < -0.39 is 17.2 Å². The summed E-state index contributed by atoms with van der Waals surface area (Å²) in [6.07, 6.45) is 0. The zero-order valence-electron chi connectivity index (χ0n) is 12.7. The first-order valence-corrected chi connectivity index (χ1v) is 7.10. The minimum atomic E-state index is -0.670. The summed E-state index contributed by atoms with van der Waals surface area (Å²) in [5.74, 6) is -0.661. The van der Waals surface area contributed by atoms with E-state index in [2.05, 4.69) is 9.97 Å². The van der Waals surface area contributed by atoms with Crippen LogP contribution in [0.1, 0.15) is 10.4 Å². The van der Waals surface area contributed by atoms with Crippen LogP contribution in [0.3, 0.4) is 0 Å². The van der Waals surface area contributed by atoms with Gasteiger partial charge < -0.3 is 9.84 Å². The maximum atomic E-state index is 12.2. The number of imidazole rings is 1. The standard InChI is InChI=1S/C15H14N4O5/c1-18-11-10(12(21)17-14(18)23)19(7-8-20)15(16-11)24-13(22)9-5-3-2-4-6-9/h2-6,20H,7-8H2,1H3,(H,17,21,23). The zero-order valence-corrected chi connectivity index (χ0v) is 12.7. The van der Waals surface area contributed by atoms with E-state index in [9.17, 15) is 19.5 Å². The molecule has 0 atom stereocenters. The molecule has 2 N–H and O–H groups in total. The van der Waals surface area contributed by atoms with Crippen LogP contribution in [0.25, 0.3) is 11.2 Å². The first-order valence-electron chi connectivity index (χ1n) is 7.10. The number of aryl methyl sites for hydroxylation is 1. The molecule has 24 heavy (non-hydrogen) atoms. The van der Waals surface area contributed by atoms with E-state index in [4.69, 9.17) is 4.74 Å². The minimum Gasteiger partial charge on any atom is -0.395 e. The van der Waals surface area contributed by atoms with Crippen LogP contribution in [0.4, 0.5) is 0 Å². The van der Waals surface area contributed by atoms with Crippen LogP contribution in [0.15, 0.2) is 39.9 Å². The number of esters is 1. The van der Waals surface area contributed by atoms with Gasteiger partial charge in [0.25, 0.3) is 5.56 Å². The van der Waals surface area contributed by atoms with Crippen LogP contribution in [0.2, 0.25) is 0 Å². The van der Waals surface area contributed by atoms with Crippen molar-refractivity contribution in [1.29, 1.82) is 0 Å². The van der Waals surface area contributed by atoms with Gasteiger partial charge in [-0.15, -0.1) is 0 Å². The third-order valence-corrected chi connectivity index (χ3v) is 3.49. The number of fused-ring (bicyclic) bond motifs is 1. The molecule has 9 heteroatoms. The molecule has 0 bridgehead atoms. The summed E-state index contributed by atoms with van der Waals surface area (Å²) in [6, 6.07) is 8.10. The van der Waals surface area contributed by atoms with E-state index in [1.165, 1.54) is 11.6 Å². The van der Waals surface area contributed by atoms with Crippen LogP contribution in [0, 0.1) is 0 Å². The van der Waals surface area contributed by atoms with Crippen molar-refractivity contribution in [2.45, 2.75) is 6.54 Å². The Bertz CT molecular complexity index is 1020. The number of hydrogen-bond donors (Lipinski definition) is 2. The quantitative estimate of drug-likeness (QED) is 0.630. The number of nitrogens with zero attached hydrogens (tertiary/aromatic N) is 3. The average Bonchev–Trinajstić information content (AvgIpc) is 2.93. The molecule has 1 aromatic carbocycles. The van der Waals surface area contributed by atoms with Gasteiger partial charge >= 0.3 is 17.7 Å². The molecule has 3 aromatic rings. The summed E-state index contributed by atoms with van der Waals surface area (Å²) < 4.78 is 7.64. The maximum Gasteiger partial charge on any atom is 0.345 e. The molecule has 9 nitrogen and oxygen atoms in total. The summed E-state index contributed by atoms with van der Waals surface area (Å²) in [4.78, 5) is 42.2. The van der Waals surface area contributed by atoms with Gasteiger partial charge in [0.2, 0.25) is 0 Å². The fourth-order valence-electron chi connectivity index (χ4n) is 2.32. The molecule has 2 aromatic heterocycles. The van der Waals surface area contributed by atoms with E-state index in [0.717, 1.165) is 4.57 Å². The van der Waals surface area contributed by atoms with E-state index in [1.807, 2.05) is 0 Å². The average molecular weight is 330 g/mol. The molecule has 0 saturated carbocycles. The Hall–Kier alpha value is -3.20. The van der Waals surface area contributed by atoms with Gasteiger partial charge in [0.05, 0.1) is 18.7 Å². The topological polar surface area (TPSA) is 119 Å². The van der Waals surface area contributed by atoms with Crippen molar-refractivity contribution < 1.29 is 14.6 Å². The highest BCUT2D eigenvalue weighted by molar-refractivity contribution is 5.91. The second kappa shape index (κ2) is 6.13. The molecule has 0 unspecified atom stereocenters. The first-order chi connectivity index (χ1) is 11.5. The van der Waals surface area contributed by atoms with Crippen molar-refractivity contribution in [3.05, 3.63) is 56.7 Å². The van der Waals surface area contributed by atoms with Crippen molar-refractivity contribution in [2.24, 2.45) is 7.05 Å². The van der Waals surface area contributed by atoms with E-state index >= 15 is 0 Å². The Labute approximate surface area is 134 Å². The van der Waals surface area contributed by atoms with Crippen molar-refractivity contribution in [3.63, 3.8) is 0 Å². The van der Waals surface area contributed by atoms with Crippen LogP contribution in [-0.4, -0.2) is 36.8 Å². The van der Waals surface area contributed by atoms with Gasteiger partial charge in [0, 0.05) is 7.05 Å². The number of carbonyl (C=O) groups excluding carboxylic acids is 1. The van der Waals surface area contributed by atoms with Crippen LogP contribution in [0.5, 0.6) is 6.01 Å². The minimum absolute atomic E-state index is 0.0187. The second-order valence-corrected chi connectivity index (χ2v) is 5.02. The highest BCUT2D eigenvalue weighted by Crippen LogP contribution is 2.18. The fourth-order valence-corrected chi connectivity index (χ4v) is 2.32. The van der Waals surface area contributed by atoms with Gasteiger partial charge in [-0.25, -0.2) is 9.59 Å². The Balaban J connectivity index is 2.14. The van der Waals surface area contributed by atoms with E-state index in [1.54, 1.807) is 30.3 Å². The number of carbonyl (C=O) groups is 1. The van der Waals surface area contributed by atoms with Gasteiger partial charge in [-0.2, -0.15) is 4.98 Å². The number of hydrogen-bond acceptors (Lipinski definition) is 6. The fraction of sp³-hybridized carbons (Fsp3) is 0.200. The molecule has 3 rings (SSSR count). The lowest BCUT2D eigenvalue weighted by Crippen LogP contribution is -2.29. The Morgan fingerprint density at radius 1 is 1.29 bits per heavy atom. The number of H-pyrrole nitrogens is 1. The lowest BCUT2D eigenvalue weighted by molar-refractivity contribution is 0.0711. The van der Waals surface area contributed by atoms with Gasteiger partial charge in [-0.1, -0.05) is 18.2 Å². The second-order valence-electron chi connectivity index (χ2n) is 5.02. The summed E-state index contributed by atoms with van der Waals surface area (Å²) in [5.41, 5.74) is -0.892. The molecule has 0 aliphatic rings. The summed E-state index contributed by atoms with van der Waals surface area (Å²) in [7, 11) is 1.43. The van der Waals surface area contributed by atoms with Gasteiger partial charge in [-0.05, 0) is 12.1 Å². The van der Waals surface area contributed by atoms with E-state index in [-0.39, 0.29) is 30.3 Å². The number of aliphatic hydroxyl groups excluding tert-OH is 1. The van der Waals surface area contributed by atoms with Crippen LogP contribution in [-0.2, 0) is 13.6 Å². The molecule has 0 aliphatic carbocycles. The SMILES string of the molecule is Cn1c(=O)[nH]c(=O)c2c1nc(OC(=O)c1ccccc1)n2CCO. The molecular formula is C15H14N4O5. The molecule has 0 spiro atoms. The maximum absolute atomic E-state index is 12.2. The monoisotopic (exact) mass is 330 g/mol.